The van der Waals surface area contributed by atoms with Gasteiger partial charge in [-0.05, 0) is 43.6 Å². The van der Waals surface area contributed by atoms with Gasteiger partial charge in [-0.15, -0.1) is 11.3 Å². The van der Waals surface area contributed by atoms with E-state index in [1.54, 1.807) is 0 Å². The molecule has 2 aliphatic rings. The third-order valence-corrected chi connectivity index (χ3v) is 4.99. The second-order valence-electron chi connectivity index (χ2n) is 5.08. The van der Waals surface area contributed by atoms with Crippen LogP contribution in [0, 0.1) is 0 Å². The van der Waals surface area contributed by atoms with Crippen LogP contribution in [0.1, 0.15) is 30.6 Å². The van der Waals surface area contributed by atoms with Crippen molar-refractivity contribution in [2.75, 3.05) is 6.54 Å². The SMILES string of the molecule is OC1CC2CCC(C1)N2CCc1cccs1. The van der Waals surface area contributed by atoms with Crippen molar-refractivity contribution in [1.29, 1.82) is 0 Å². The predicted octanol–water partition coefficient (Wildman–Crippen LogP) is 2.28. The fourth-order valence-corrected chi connectivity index (χ4v) is 4.00. The third kappa shape index (κ3) is 2.04. The lowest BCUT2D eigenvalue weighted by Gasteiger charge is -2.37. The minimum Gasteiger partial charge on any atom is -0.393 e. The summed E-state index contributed by atoms with van der Waals surface area (Å²) in [4.78, 5) is 4.14. The highest BCUT2D eigenvalue weighted by atomic mass is 32.1. The third-order valence-electron chi connectivity index (χ3n) is 4.06. The van der Waals surface area contributed by atoms with Crippen molar-refractivity contribution in [1.82, 2.24) is 4.90 Å². The lowest BCUT2D eigenvalue weighted by molar-refractivity contribution is 0.0363. The summed E-state index contributed by atoms with van der Waals surface area (Å²) in [5.74, 6) is 0. The molecule has 0 radical (unpaired) electrons. The van der Waals surface area contributed by atoms with Gasteiger partial charge in [-0.3, -0.25) is 4.90 Å². The van der Waals surface area contributed by atoms with Gasteiger partial charge in [0.25, 0.3) is 0 Å². The first-order valence-corrected chi connectivity index (χ1v) is 7.17. The zero-order valence-electron chi connectivity index (χ0n) is 9.51. The molecular weight excluding hydrogens is 218 g/mol. The van der Waals surface area contributed by atoms with E-state index in [1.807, 2.05) is 11.3 Å². The monoisotopic (exact) mass is 237 g/mol. The Morgan fingerprint density at radius 3 is 2.69 bits per heavy atom. The number of nitrogens with zero attached hydrogens (tertiary/aromatic N) is 1. The van der Waals surface area contributed by atoms with Gasteiger partial charge in [0.15, 0.2) is 0 Å². The number of piperidine rings is 1. The van der Waals surface area contributed by atoms with Crippen LogP contribution in [-0.4, -0.2) is 34.7 Å². The number of thiophene rings is 1. The summed E-state index contributed by atoms with van der Waals surface area (Å²) in [7, 11) is 0. The van der Waals surface area contributed by atoms with E-state index >= 15 is 0 Å². The zero-order valence-corrected chi connectivity index (χ0v) is 10.3. The molecule has 1 aromatic heterocycles. The highest BCUT2D eigenvalue weighted by Crippen LogP contribution is 2.35. The molecule has 16 heavy (non-hydrogen) atoms. The Bertz CT molecular complexity index is 324. The van der Waals surface area contributed by atoms with Crippen LogP contribution in [0.5, 0.6) is 0 Å². The second-order valence-corrected chi connectivity index (χ2v) is 6.11. The van der Waals surface area contributed by atoms with Gasteiger partial charge in [0.2, 0.25) is 0 Å². The van der Waals surface area contributed by atoms with E-state index in [0.29, 0.717) is 12.1 Å². The van der Waals surface area contributed by atoms with Crippen LogP contribution in [0.4, 0.5) is 0 Å². The quantitative estimate of drug-likeness (QED) is 0.872. The van der Waals surface area contributed by atoms with Gasteiger partial charge in [0.05, 0.1) is 6.10 Å². The predicted molar refractivity (Wildman–Crippen MR) is 66.8 cm³/mol. The van der Waals surface area contributed by atoms with E-state index in [1.165, 1.54) is 30.7 Å². The molecule has 2 saturated heterocycles. The molecule has 0 amide bonds. The molecule has 3 heterocycles. The maximum atomic E-state index is 9.74. The van der Waals surface area contributed by atoms with E-state index in [-0.39, 0.29) is 6.10 Å². The van der Waals surface area contributed by atoms with Crippen molar-refractivity contribution in [3.63, 3.8) is 0 Å². The highest BCUT2D eigenvalue weighted by Gasteiger charge is 2.39. The van der Waals surface area contributed by atoms with Gasteiger partial charge in [0, 0.05) is 23.5 Å². The maximum Gasteiger partial charge on any atom is 0.0570 e. The summed E-state index contributed by atoms with van der Waals surface area (Å²) in [6, 6.07) is 5.68. The van der Waals surface area contributed by atoms with E-state index < -0.39 is 0 Å². The maximum absolute atomic E-state index is 9.74. The van der Waals surface area contributed by atoms with Crippen LogP contribution < -0.4 is 0 Å². The van der Waals surface area contributed by atoms with E-state index in [2.05, 4.69) is 22.4 Å². The lowest BCUT2D eigenvalue weighted by atomic mass is 10.00. The van der Waals surface area contributed by atoms with Crippen LogP contribution in [0.2, 0.25) is 0 Å². The number of aliphatic hydroxyl groups excluding tert-OH is 1. The number of aliphatic hydroxyl groups is 1. The summed E-state index contributed by atoms with van der Waals surface area (Å²) in [6.07, 6.45) is 5.75. The Labute approximate surface area is 101 Å². The largest absolute Gasteiger partial charge is 0.393 e. The number of hydrogen-bond donors (Lipinski definition) is 1. The van der Waals surface area contributed by atoms with Crippen molar-refractivity contribution in [2.45, 2.75) is 50.3 Å². The van der Waals surface area contributed by atoms with Gasteiger partial charge in [-0.25, -0.2) is 0 Å². The van der Waals surface area contributed by atoms with Gasteiger partial charge >= 0.3 is 0 Å². The molecule has 2 unspecified atom stereocenters. The van der Waals surface area contributed by atoms with E-state index in [0.717, 1.165) is 12.8 Å². The van der Waals surface area contributed by atoms with Crippen molar-refractivity contribution < 1.29 is 5.11 Å². The van der Waals surface area contributed by atoms with Crippen LogP contribution in [0.3, 0.4) is 0 Å². The normalized spacial score (nSPS) is 34.4. The van der Waals surface area contributed by atoms with Crippen molar-refractivity contribution in [2.24, 2.45) is 0 Å². The Balaban J connectivity index is 1.59. The van der Waals surface area contributed by atoms with E-state index in [4.69, 9.17) is 0 Å². The van der Waals surface area contributed by atoms with Crippen LogP contribution >= 0.6 is 11.3 Å². The summed E-state index contributed by atoms with van der Waals surface area (Å²) in [5.41, 5.74) is 0. The topological polar surface area (TPSA) is 23.5 Å². The fraction of sp³-hybridized carbons (Fsp3) is 0.692. The molecule has 88 valence electrons. The van der Waals surface area contributed by atoms with Crippen LogP contribution in [-0.2, 0) is 6.42 Å². The van der Waals surface area contributed by atoms with Crippen molar-refractivity contribution in [3.05, 3.63) is 22.4 Å². The van der Waals surface area contributed by atoms with Gasteiger partial charge in [-0.2, -0.15) is 0 Å². The first-order chi connectivity index (χ1) is 7.83. The van der Waals surface area contributed by atoms with Crippen molar-refractivity contribution in [3.8, 4) is 0 Å². The molecule has 1 aromatic rings. The Morgan fingerprint density at radius 2 is 2.06 bits per heavy atom. The molecule has 3 heteroatoms. The second kappa shape index (κ2) is 4.47. The lowest BCUT2D eigenvalue weighted by Crippen LogP contribution is -2.45. The molecule has 2 fully saturated rings. The average Bonchev–Trinajstić information content (AvgIpc) is 2.83. The minimum atomic E-state index is -0.0320. The number of hydrogen-bond acceptors (Lipinski definition) is 3. The molecule has 2 bridgehead atoms. The summed E-state index contributed by atoms with van der Waals surface area (Å²) < 4.78 is 0. The van der Waals surface area contributed by atoms with Gasteiger partial charge in [-0.1, -0.05) is 6.07 Å². The number of rotatable bonds is 3. The fourth-order valence-electron chi connectivity index (χ4n) is 3.30. The molecule has 0 aromatic carbocycles. The zero-order chi connectivity index (χ0) is 11.0. The molecule has 1 N–H and O–H groups in total. The Morgan fingerprint density at radius 1 is 1.31 bits per heavy atom. The first kappa shape index (κ1) is 10.8. The molecular formula is C13H19NOS. The Kier molecular flexibility index (Phi) is 3.01. The molecule has 0 saturated carbocycles. The smallest absolute Gasteiger partial charge is 0.0570 e. The van der Waals surface area contributed by atoms with Gasteiger partial charge < -0.3 is 5.11 Å². The molecule has 2 nitrogen and oxygen atoms in total. The summed E-state index contributed by atoms with van der Waals surface area (Å²) >= 11 is 1.86. The molecule has 2 atom stereocenters. The molecule has 3 rings (SSSR count). The van der Waals surface area contributed by atoms with Crippen LogP contribution in [0.15, 0.2) is 17.5 Å². The molecule has 2 aliphatic heterocycles. The van der Waals surface area contributed by atoms with E-state index in [9.17, 15) is 5.11 Å². The first-order valence-electron chi connectivity index (χ1n) is 6.29. The summed E-state index contributed by atoms with van der Waals surface area (Å²) in [5, 5.41) is 11.9. The molecule has 0 spiro atoms. The number of fused-ring (bicyclic) bond motifs is 2. The highest BCUT2D eigenvalue weighted by molar-refractivity contribution is 7.09. The molecule has 0 aliphatic carbocycles. The minimum absolute atomic E-state index is 0.0320. The average molecular weight is 237 g/mol. The van der Waals surface area contributed by atoms with Crippen LogP contribution in [0.25, 0.3) is 0 Å². The summed E-state index contributed by atoms with van der Waals surface area (Å²) in [6.45, 7) is 1.18. The van der Waals surface area contributed by atoms with Crippen molar-refractivity contribution >= 4 is 11.3 Å². The Hall–Kier alpha value is -0.380. The van der Waals surface area contributed by atoms with Gasteiger partial charge in [0.1, 0.15) is 0 Å². The standard InChI is InChI=1S/C13H19NOS/c15-12-8-10-3-4-11(9-12)14(10)6-5-13-2-1-7-16-13/h1-2,7,10-12,15H,3-6,8-9H2.